The first-order valence-electron chi connectivity index (χ1n) is 14.7. The number of aromatic nitrogens is 3. The van der Waals surface area contributed by atoms with Gasteiger partial charge in [0.1, 0.15) is 17.5 Å². The zero-order chi connectivity index (χ0) is 29.9. The number of anilines is 4. The van der Waals surface area contributed by atoms with Crippen molar-refractivity contribution in [3.8, 4) is 0 Å². The molecule has 222 valence electrons. The molecule has 2 fully saturated rings. The lowest BCUT2D eigenvalue weighted by molar-refractivity contribution is -0.129. The number of halogens is 1. The Labute approximate surface area is 249 Å². The average molecular weight is 583 g/mol. The maximum atomic E-state index is 15.7. The van der Waals surface area contributed by atoms with Crippen LogP contribution in [0.2, 0.25) is 0 Å². The van der Waals surface area contributed by atoms with Crippen LogP contribution in [-0.4, -0.2) is 77.0 Å². The zero-order valence-corrected chi connectivity index (χ0v) is 24.4. The summed E-state index contributed by atoms with van der Waals surface area (Å²) in [6.07, 6.45) is 5.05. The maximum absolute atomic E-state index is 15.7. The molecule has 0 spiro atoms. The van der Waals surface area contributed by atoms with Crippen molar-refractivity contribution in [1.29, 1.82) is 0 Å². The highest BCUT2D eigenvalue weighted by molar-refractivity contribution is 6.11. The third kappa shape index (κ3) is 5.98. The smallest absolute Gasteiger partial charge is 0.262 e. The summed E-state index contributed by atoms with van der Waals surface area (Å²) in [6, 6.07) is 14.0. The molecule has 43 heavy (non-hydrogen) atoms. The summed E-state index contributed by atoms with van der Waals surface area (Å²) in [5, 5.41) is 8.33. The molecule has 0 bridgehead atoms. The van der Waals surface area contributed by atoms with Crippen LogP contribution in [0.1, 0.15) is 35.7 Å². The molecule has 4 aromatic rings. The van der Waals surface area contributed by atoms with Crippen molar-refractivity contribution in [3.05, 3.63) is 77.9 Å². The van der Waals surface area contributed by atoms with Gasteiger partial charge >= 0.3 is 0 Å². The van der Waals surface area contributed by atoms with Gasteiger partial charge in [-0.3, -0.25) is 14.5 Å². The fourth-order valence-corrected chi connectivity index (χ4v) is 5.92. The minimum atomic E-state index is -0.641. The van der Waals surface area contributed by atoms with E-state index in [1.165, 1.54) is 12.1 Å². The summed E-state index contributed by atoms with van der Waals surface area (Å²) >= 11 is 0. The van der Waals surface area contributed by atoms with Crippen molar-refractivity contribution < 1.29 is 14.0 Å². The van der Waals surface area contributed by atoms with Crippen LogP contribution in [0.25, 0.3) is 10.8 Å². The van der Waals surface area contributed by atoms with Crippen LogP contribution in [0.3, 0.4) is 0 Å². The molecular formula is C32H35FN8O2. The Bertz CT molecular complexity index is 1640. The van der Waals surface area contributed by atoms with Crippen LogP contribution in [0.5, 0.6) is 0 Å². The standard InChI is InChI=1S/C32H35FN8O2/c1-21-5-3-6-23-10-13-35-30(29(21)23)41(25-7-4-12-34-20-25)31(43)26-9-8-24(19-27(26)33)37-32-36-14-11-28(38-32)40-17-15-39(16-18-40)22(2)42/h3,5-6,8-11,13-14,19,25,34H,4,7,12,15-18,20H2,1-2H3,(H,36,37,38)/t25-/m1/s1. The highest BCUT2D eigenvalue weighted by atomic mass is 19.1. The number of piperidine rings is 1. The number of aryl methyl sites for hydroxylation is 1. The molecule has 4 heterocycles. The van der Waals surface area contributed by atoms with E-state index < -0.39 is 11.7 Å². The first-order chi connectivity index (χ1) is 20.9. The molecule has 2 aliphatic heterocycles. The largest absolute Gasteiger partial charge is 0.353 e. The predicted octanol–water partition coefficient (Wildman–Crippen LogP) is 4.28. The van der Waals surface area contributed by atoms with Crippen molar-refractivity contribution >= 4 is 45.9 Å². The summed E-state index contributed by atoms with van der Waals surface area (Å²) in [6.45, 7) is 7.65. The molecule has 0 radical (unpaired) electrons. The highest BCUT2D eigenvalue weighted by Gasteiger charge is 2.32. The molecule has 2 aromatic heterocycles. The summed E-state index contributed by atoms with van der Waals surface area (Å²) in [7, 11) is 0. The zero-order valence-electron chi connectivity index (χ0n) is 24.4. The van der Waals surface area contributed by atoms with Crippen molar-refractivity contribution in [2.24, 2.45) is 0 Å². The molecule has 2 N–H and O–H groups in total. The van der Waals surface area contributed by atoms with Gasteiger partial charge in [-0.15, -0.1) is 0 Å². The third-order valence-electron chi connectivity index (χ3n) is 8.21. The Hall–Kier alpha value is -4.64. The van der Waals surface area contributed by atoms with Gasteiger partial charge in [0.2, 0.25) is 11.9 Å². The number of carbonyl (C=O) groups is 2. The second-order valence-corrected chi connectivity index (χ2v) is 11.0. The topological polar surface area (TPSA) is 107 Å². The molecule has 2 amide bonds. The fraction of sp³-hybridized carbons (Fsp3) is 0.344. The molecule has 2 aromatic carbocycles. The Balaban J connectivity index is 1.25. The van der Waals surface area contributed by atoms with Crippen LogP contribution < -0.4 is 20.4 Å². The minimum absolute atomic E-state index is 0.0264. The van der Waals surface area contributed by atoms with Crippen molar-refractivity contribution in [2.45, 2.75) is 32.7 Å². The number of fused-ring (bicyclic) bond motifs is 1. The number of rotatable bonds is 6. The highest BCUT2D eigenvalue weighted by Crippen LogP contribution is 2.32. The summed E-state index contributed by atoms with van der Waals surface area (Å²) in [4.78, 5) is 44.9. The summed E-state index contributed by atoms with van der Waals surface area (Å²) in [5.74, 6) is 0.583. The lowest BCUT2D eigenvalue weighted by Gasteiger charge is -2.35. The van der Waals surface area contributed by atoms with Crippen molar-refractivity contribution in [1.82, 2.24) is 25.2 Å². The number of carbonyl (C=O) groups excluding carboxylic acids is 2. The molecule has 10 nitrogen and oxygen atoms in total. The van der Waals surface area contributed by atoms with E-state index in [1.54, 1.807) is 30.3 Å². The van der Waals surface area contributed by atoms with E-state index >= 15 is 4.39 Å². The van der Waals surface area contributed by atoms with Gasteiger partial charge in [0.25, 0.3) is 5.91 Å². The number of nitrogens with one attached hydrogen (secondary N) is 2. The van der Waals surface area contributed by atoms with E-state index in [-0.39, 0.29) is 17.5 Å². The Morgan fingerprint density at radius 1 is 1.05 bits per heavy atom. The van der Waals surface area contributed by atoms with Crippen molar-refractivity contribution in [3.63, 3.8) is 0 Å². The van der Waals surface area contributed by atoms with E-state index in [0.29, 0.717) is 50.2 Å². The molecule has 0 unspecified atom stereocenters. The van der Waals surface area contributed by atoms with Crippen LogP contribution in [0.15, 0.2) is 60.9 Å². The number of hydrogen-bond acceptors (Lipinski definition) is 8. The molecule has 2 aliphatic rings. The second-order valence-electron chi connectivity index (χ2n) is 11.0. The summed E-state index contributed by atoms with van der Waals surface area (Å²) in [5.41, 5.74) is 1.41. The fourth-order valence-electron chi connectivity index (χ4n) is 5.92. The second kappa shape index (κ2) is 12.3. The normalized spacial score (nSPS) is 17.1. The lowest BCUT2D eigenvalue weighted by atomic mass is 10.0. The van der Waals surface area contributed by atoms with Gasteiger partial charge in [-0.05, 0) is 67.6 Å². The van der Waals surface area contributed by atoms with Gasteiger partial charge in [0, 0.05) is 63.1 Å². The number of amides is 2. The van der Waals surface area contributed by atoms with E-state index in [4.69, 9.17) is 0 Å². The van der Waals surface area contributed by atoms with E-state index in [2.05, 4.69) is 30.5 Å². The SMILES string of the molecule is CC(=O)N1CCN(c2ccnc(Nc3ccc(C(=O)N(c4nccc5cccc(C)c45)[C@@H]4CCCNC4)c(F)c3)n2)CC1. The van der Waals surface area contributed by atoms with Gasteiger partial charge in [-0.2, -0.15) is 4.98 Å². The van der Waals surface area contributed by atoms with Crippen LogP contribution in [0, 0.1) is 12.7 Å². The molecular weight excluding hydrogens is 547 g/mol. The van der Waals surface area contributed by atoms with E-state index in [0.717, 1.165) is 41.5 Å². The lowest BCUT2D eigenvalue weighted by Crippen LogP contribution is -2.49. The van der Waals surface area contributed by atoms with Gasteiger partial charge in [0.15, 0.2) is 0 Å². The van der Waals surface area contributed by atoms with Crippen LogP contribution >= 0.6 is 0 Å². The van der Waals surface area contributed by atoms with Gasteiger partial charge in [-0.25, -0.2) is 14.4 Å². The molecule has 1 atom stereocenters. The number of nitrogens with zero attached hydrogens (tertiary/aromatic N) is 6. The van der Waals surface area contributed by atoms with Crippen LogP contribution in [0.4, 0.5) is 27.7 Å². The summed E-state index contributed by atoms with van der Waals surface area (Å²) < 4.78 is 15.7. The Kier molecular flexibility index (Phi) is 8.15. The number of hydrogen-bond donors (Lipinski definition) is 2. The van der Waals surface area contributed by atoms with Crippen molar-refractivity contribution in [2.75, 3.05) is 54.4 Å². The molecule has 2 saturated heterocycles. The van der Waals surface area contributed by atoms with Gasteiger partial charge in [-0.1, -0.05) is 18.2 Å². The first kappa shape index (κ1) is 28.5. The van der Waals surface area contributed by atoms with Crippen LogP contribution in [-0.2, 0) is 4.79 Å². The minimum Gasteiger partial charge on any atom is -0.353 e. The van der Waals surface area contributed by atoms with E-state index in [9.17, 15) is 9.59 Å². The molecule has 6 rings (SSSR count). The third-order valence-corrected chi connectivity index (χ3v) is 8.21. The number of piperazine rings is 1. The molecule has 0 saturated carbocycles. The van der Waals surface area contributed by atoms with Gasteiger partial charge < -0.3 is 20.4 Å². The molecule has 0 aliphatic carbocycles. The number of pyridine rings is 1. The monoisotopic (exact) mass is 582 g/mol. The van der Waals surface area contributed by atoms with E-state index in [1.807, 2.05) is 42.2 Å². The number of benzene rings is 2. The van der Waals surface area contributed by atoms with Gasteiger partial charge in [0.05, 0.1) is 11.6 Å². The quantitative estimate of drug-likeness (QED) is 0.347. The Morgan fingerprint density at radius 3 is 2.60 bits per heavy atom. The average Bonchev–Trinajstić information content (AvgIpc) is 3.02. The predicted molar refractivity (Wildman–Crippen MR) is 165 cm³/mol. The maximum Gasteiger partial charge on any atom is 0.262 e. The molecule has 11 heteroatoms. The first-order valence-corrected chi connectivity index (χ1v) is 14.7. The Morgan fingerprint density at radius 2 is 1.86 bits per heavy atom.